The fourth-order valence-corrected chi connectivity index (χ4v) is 1.32. The highest BCUT2D eigenvalue weighted by Crippen LogP contribution is 2.30. The summed E-state index contributed by atoms with van der Waals surface area (Å²) in [7, 11) is 0. The smallest absolute Gasteiger partial charge is 0.250 e. The lowest BCUT2D eigenvalue weighted by Crippen LogP contribution is -2.19. The molecule has 1 aliphatic rings. The van der Waals surface area contributed by atoms with Gasteiger partial charge in [0.05, 0.1) is 5.69 Å². The molecule has 0 spiro atoms. The molecule has 2 rings (SSSR count). The molecule has 1 aromatic heterocycles. The van der Waals surface area contributed by atoms with Crippen LogP contribution in [0, 0.1) is 5.92 Å². The molecule has 0 unspecified atom stereocenters. The zero-order chi connectivity index (χ0) is 9.26. The average molecular weight is 180 g/mol. The molecular weight excluding hydrogens is 168 g/mol. The van der Waals surface area contributed by atoms with E-state index >= 15 is 0 Å². The van der Waals surface area contributed by atoms with Gasteiger partial charge in [0.2, 0.25) is 0 Å². The van der Waals surface area contributed by atoms with Gasteiger partial charge >= 0.3 is 0 Å². The van der Waals surface area contributed by atoms with Gasteiger partial charge in [-0.25, -0.2) is 0 Å². The van der Waals surface area contributed by atoms with Crippen molar-refractivity contribution in [1.29, 1.82) is 0 Å². The topological polar surface area (TPSA) is 54.3 Å². The molecule has 1 fully saturated rings. The van der Waals surface area contributed by atoms with Gasteiger partial charge < -0.3 is 4.57 Å². The van der Waals surface area contributed by atoms with E-state index < -0.39 is 0 Å². The molecule has 0 radical (unpaired) electrons. The molecule has 0 saturated heterocycles. The maximum Gasteiger partial charge on any atom is 0.250 e. The van der Waals surface area contributed by atoms with Crippen molar-refractivity contribution in [2.75, 3.05) is 5.48 Å². The SMILES string of the molecule is O=c1ccc(NO)cn1CC1CC1. The lowest BCUT2D eigenvalue weighted by Gasteiger charge is -2.05. The van der Waals surface area contributed by atoms with Gasteiger partial charge in [0.15, 0.2) is 0 Å². The van der Waals surface area contributed by atoms with Gasteiger partial charge in [0, 0.05) is 18.8 Å². The maximum atomic E-state index is 11.3. The van der Waals surface area contributed by atoms with Crippen LogP contribution < -0.4 is 11.0 Å². The second kappa shape index (κ2) is 3.22. The molecule has 1 saturated carbocycles. The van der Waals surface area contributed by atoms with Crippen molar-refractivity contribution < 1.29 is 5.21 Å². The van der Waals surface area contributed by atoms with Crippen molar-refractivity contribution in [3.63, 3.8) is 0 Å². The summed E-state index contributed by atoms with van der Waals surface area (Å²) in [6.07, 6.45) is 4.06. The van der Waals surface area contributed by atoms with E-state index in [1.165, 1.54) is 18.9 Å². The predicted octanol–water partition coefficient (Wildman–Crippen LogP) is 1.06. The number of aromatic nitrogens is 1. The van der Waals surface area contributed by atoms with E-state index in [9.17, 15) is 4.79 Å². The fourth-order valence-electron chi connectivity index (χ4n) is 1.32. The van der Waals surface area contributed by atoms with E-state index in [4.69, 9.17) is 5.21 Å². The molecule has 0 amide bonds. The summed E-state index contributed by atoms with van der Waals surface area (Å²) in [5, 5.41) is 8.64. The molecule has 0 bridgehead atoms. The quantitative estimate of drug-likeness (QED) is 0.684. The van der Waals surface area contributed by atoms with E-state index in [-0.39, 0.29) is 5.56 Å². The minimum atomic E-state index is -0.00843. The first-order valence-electron chi connectivity index (χ1n) is 4.40. The van der Waals surface area contributed by atoms with Crippen LogP contribution in [0.3, 0.4) is 0 Å². The van der Waals surface area contributed by atoms with Crippen LogP contribution in [0.2, 0.25) is 0 Å². The normalized spacial score (nSPS) is 15.8. The minimum Gasteiger partial charge on any atom is -0.313 e. The minimum absolute atomic E-state index is 0.00843. The second-order valence-corrected chi connectivity index (χ2v) is 3.46. The molecule has 2 N–H and O–H groups in total. The van der Waals surface area contributed by atoms with E-state index in [1.807, 2.05) is 5.48 Å². The summed E-state index contributed by atoms with van der Waals surface area (Å²) in [6.45, 7) is 0.772. The molecule has 70 valence electrons. The molecule has 1 heterocycles. The van der Waals surface area contributed by atoms with Gasteiger partial charge in [-0.2, -0.15) is 0 Å². The molecule has 0 atom stereocenters. The first-order valence-corrected chi connectivity index (χ1v) is 4.40. The summed E-state index contributed by atoms with van der Waals surface area (Å²) in [5.74, 6) is 0.659. The largest absolute Gasteiger partial charge is 0.313 e. The van der Waals surface area contributed by atoms with Crippen molar-refractivity contribution in [1.82, 2.24) is 4.57 Å². The Morgan fingerprint density at radius 3 is 2.92 bits per heavy atom. The van der Waals surface area contributed by atoms with Gasteiger partial charge in [-0.1, -0.05) is 0 Å². The number of pyridine rings is 1. The Morgan fingerprint density at radius 2 is 2.31 bits per heavy atom. The second-order valence-electron chi connectivity index (χ2n) is 3.46. The molecule has 1 aliphatic carbocycles. The molecule has 13 heavy (non-hydrogen) atoms. The Labute approximate surface area is 75.8 Å². The Balaban J connectivity index is 2.24. The number of hydrogen-bond acceptors (Lipinski definition) is 3. The molecule has 0 aromatic carbocycles. The van der Waals surface area contributed by atoms with Crippen molar-refractivity contribution in [3.8, 4) is 0 Å². The zero-order valence-corrected chi connectivity index (χ0v) is 7.23. The highest BCUT2D eigenvalue weighted by molar-refractivity contribution is 5.37. The van der Waals surface area contributed by atoms with Crippen molar-refractivity contribution in [3.05, 3.63) is 28.7 Å². The van der Waals surface area contributed by atoms with Gasteiger partial charge in [0.25, 0.3) is 5.56 Å². The van der Waals surface area contributed by atoms with E-state index in [1.54, 1.807) is 16.8 Å². The first-order chi connectivity index (χ1) is 6.29. The highest BCUT2D eigenvalue weighted by Gasteiger charge is 2.21. The number of hydrogen-bond donors (Lipinski definition) is 2. The van der Waals surface area contributed by atoms with Crippen LogP contribution in [0.5, 0.6) is 0 Å². The van der Waals surface area contributed by atoms with E-state index in [2.05, 4.69) is 0 Å². The van der Waals surface area contributed by atoms with Gasteiger partial charge in [-0.3, -0.25) is 15.5 Å². The first kappa shape index (κ1) is 8.31. The van der Waals surface area contributed by atoms with Crippen molar-refractivity contribution >= 4 is 5.69 Å². The summed E-state index contributed by atoms with van der Waals surface area (Å²) < 4.78 is 1.64. The summed E-state index contributed by atoms with van der Waals surface area (Å²) in [4.78, 5) is 11.3. The number of rotatable bonds is 3. The van der Waals surface area contributed by atoms with Crippen LogP contribution in [-0.4, -0.2) is 9.77 Å². The van der Waals surface area contributed by atoms with Crippen LogP contribution in [0.15, 0.2) is 23.1 Å². The molecule has 4 nitrogen and oxygen atoms in total. The van der Waals surface area contributed by atoms with Gasteiger partial charge in [-0.05, 0) is 24.8 Å². The number of nitrogens with one attached hydrogen (secondary N) is 1. The Bertz CT molecular complexity index is 355. The van der Waals surface area contributed by atoms with Crippen LogP contribution in [-0.2, 0) is 6.54 Å². The van der Waals surface area contributed by atoms with E-state index in [0.717, 1.165) is 6.54 Å². The maximum absolute atomic E-state index is 11.3. The fraction of sp³-hybridized carbons (Fsp3) is 0.444. The number of nitrogens with zero attached hydrogens (tertiary/aromatic N) is 1. The summed E-state index contributed by atoms with van der Waals surface area (Å²) in [5.41, 5.74) is 2.58. The van der Waals surface area contributed by atoms with Crippen LogP contribution in [0.4, 0.5) is 5.69 Å². The third kappa shape index (κ3) is 1.89. The van der Waals surface area contributed by atoms with Crippen LogP contribution in [0.1, 0.15) is 12.8 Å². The van der Waals surface area contributed by atoms with E-state index in [0.29, 0.717) is 11.6 Å². The van der Waals surface area contributed by atoms with Gasteiger partial charge in [0.1, 0.15) is 0 Å². The summed E-state index contributed by atoms with van der Waals surface area (Å²) in [6, 6.07) is 3.02. The Hall–Kier alpha value is -1.29. The van der Waals surface area contributed by atoms with Crippen molar-refractivity contribution in [2.45, 2.75) is 19.4 Å². The summed E-state index contributed by atoms with van der Waals surface area (Å²) >= 11 is 0. The third-order valence-electron chi connectivity index (χ3n) is 2.26. The highest BCUT2D eigenvalue weighted by atomic mass is 16.5. The molecule has 4 heteroatoms. The van der Waals surface area contributed by atoms with Crippen LogP contribution >= 0.6 is 0 Å². The van der Waals surface area contributed by atoms with Gasteiger partial charge in [-0.15, -0.1) is 0 Å². The molecule has 1 aromatic rings. The predicted molar refractivity (Wildman–Crippen MR) is 48.8 cm³/mol. The standard InChI is InChI=1S/C9H12N2O2/c12-9-4-3-8(10-13)6-11(9)5-7-1-2-7/h3-4,6-7,10,13H,1-2,5H2. The lowest BCUT2D eigenvalue weighted by atomic mass is 10.3. The Morgan fingerprint density at radius 1 is 1.54 bits per heavy atom. The lowest BCUT2D eigenvalue weighted by molar-refractivity contribution is 0.387. The third-order valence-corrected chi connectivity index (χ3v) is 2.26. The average Bonchev–Trinajstić information content (AvgIpc) is 2.93. The molecular formula is C9H12N2O2. The number of anilines is 1. The Kier molecular flexibility index (Phi) is 2.06. The van der Waals surface area contributed by atoms with Crippen molar-refractivity contribution in [2.24, 2.45) is 5.92 Å². The monoisotopic (exact) mass is 180 g/mol. The molecule has 0 aliphatic heterocycles. The van der Waals surface area contributed by atoms with Crippen LogP contribution in [0.25, 0.3) is 0 Å². The zero-order valence-electron chi connectivity index (χ0n) is 7.23.